The third-order valence-electron chi connectivity index (χ3n) is 14.9. The number of hydrogen-bond donors (Lipinski definition) is 0. The molecule has 0 saturated heterocycles. The van der Waals surface area contributed by atoms with E-state index in [0.717, 1.165) is 110 Å². The van der Waals surface area contributed by atoms with Crippen molar-refractivity contribution in [2.24, 2.45) is 0 Å². The molecule has 64 heavy (non-hydrogen) atoms. The highest BCUT2D eigenvalue weighted by atomic mass is 14.7. The topological polar surface area (TPSA) is 56.3 Å². The summed E-state index contributed by atoms with van der Waals surface area (Å²) in [5.74, 6) is 0. The van der Waals surface area contributed by atoms with E-state index in [-0.39, 0.29) is 0 Å². The molecule has 0 radical (unpaired) electrons. The van der Waals surface area contributed by atoms with E-state index in [1.165, 1.54) is 43.8 Å². The van der Waals surface area contributed by atoms with Crippen molar-refractivity contribution in [1.82, 2.24) is 0 Å². The molecule has 0 amide bonds. The molecular formula is C60H36N4. The lowest BCUT2D eigenvalue weighted by Crippen LogP contribution is -2.00. The smallest absolute Gasteiger partial charge is 0.198 e. The Morgan fingerprint density at radius 2 is 0.719 bits per heavy atom. The third-order valence-corrected chi connectivity index (χ3v) is 14.9. The predicted octanol–water partition coefficient (Wildman–Crippen LogP) is 16.8. The van der Waals surface area contributed by atoms with Crippen molar-refractivity contribution < 1.29 is 0 Å². The molecule has 4 nitrogen and oxygen atoms in total. The van der Waals surface area contributed by atoms with Crippen LogP contribution in [0.25, 0.3) is 130 Å². The van der Waals surface area contributed by atoms with Gasteiger partial charge in [0, 0.05) is 0 Å². The molecule has 0 aromatic heterocycles. The molecular weight excluding hydrogens is 777 g/mol. The molecule has 0 spiro atoms. The van der Waals surface area contributed by atoms with Crippen LogP contribution in [0.4, 0.5) is 11.4 Å². The first-order chi connectivity index (χ1) is 31.1. The Bertz CT molecular complexity index is 3840. The van der Waals surface area contributed by atoms with E-state index in [9.17, 15) is 10.5 Å². The summed E-state index contributed by atoms with van der Waals surface area (Å²) in [4.78, 5) is 8.28. The molecule has 0 fully saturated rings. The Morgan fingerprint density at radius 3 is 1.14 bits per heavy atom. The van der Waals surface area contributed by atoms with E-state index in [4.69, 9.17) is 13.1 Å². The number of fused-ring (bicyclic) bond motifs is 11. The van der Waals surface area contributed by atoms with E-state index < -0.39 is 0 Å². The van der Waals surface area contributed by atoms with Gasteiger partial charge in [0.05, 0.1) is 36.4 Å². The molecule has 0 unspecified atom stereocenters. The van der Waals surface area contributed by atoms with Gasteiger partial charge in [-0.3, -0.25) is 0 Å². The summed E-state index contributed by atoms with van der Waals surface area (Å²) in [7, 11) is 0. The van der Waals surface area contributed by atoms with E-state index >= 15 is 0 Å². The highest BCUT2D eigenvalue weighted by molar-refractivity contribution is 6.29. The van der Waals surface area contributed by atoms with Crippen LogP contribution in [0, 0.1) is 77.3 Å². The monoisotopic (exact) mass is 812 g/mol. The van der Waals surface area contributed by atoms with Gasteiger partial charge in [-0.1, -0.05) is 72.8 Å². The minimum Gasteiger partial charge on any atom is -0.238 e. The van der Waals surface area contributed by atoms with E-state index in [1.807, 2.05) is 41.5 Å². The number of nitrogens with zero attached hydrogens (tertiary/aromatic N) is 4. The van der Waals surface area contributed by atoms with Crippen LogP contribution in [0.15, 0.2) is 109 Å². The van der Waals surface area contributed by atoms with Crippen molar-refractivity contribution in [3.63, 3.8) is 0 Å². The molecule has 2 aliphatic rings. The summed E-state index contributed by atoms with van der Waals surface area (Å²) in [6, 6.07) is 45.0. The zero-order chi connectivity index (χ0) is 44.0. The molecule has 0 bridgehead atoms. The highest BCUT2D eigenvalue weighted by Crippen LogP contribution is 2.56. The molecule has 0 heterocycles. The third kappa shape index (κ3) is 4.57. The standard InChI is InChI=1S/C60H36N4/c1-29-32(4)60(64-8)56(33(5)53(29)27-61)52-26-48-45-21-41-37-17-9-13-35-15-11-19-39(57(35)37)43(41)23-49(45)51(55-34(6)59(63-7)31(3)30(2)54(55)28-62)25-47(48)46-22-42-38-18-10-14-36-16-12-20-40(58(36)38)44(42)24-50(46)52/h9-26H,1-6H3. The predicted molar refractivity (Wildman–Crippen MR) is 264 cm³/mol. The quantitative estimate of drug-likeness (QED) is 0.129. The maximum Gasteiger partial charge on any atom is 0.198 e. The van der Waals surface area contributed by atoms with Crippen LogP contribution in [-0.2, 0) is 0 Å². The summed E-state index contributed by atoms with van der Waals surface area (Å²) >= 11 is 0. The molecule has 10 aromatic carbocycles. The van der Waals surface area contributed by atoms with Gasteiger partial charge in [0.15, 0.2) is 11.4 Å². The average Bonchev–Trinajstić information content (AvgIpc) is 3.80. The number of benzene rings is 10. The first-order valence-corrected chi connectivity index (χ1v) is 21.5. The highest BCUT2D eigenvalue weighted by Gasteiger charge is 2.30. The van der Waals surface area contributed by atoms with Gasteiger partial charge in [-0.2, -0.15) is 10.5 Å². The van der Waals surface area contributed by atoms with Crippen molar-refractivity contribution in [3.8, 4) is 78.9 Å². The van der Waals surface area contributed by atoms with Crippen LogP contribution in [-0.4, -0.2) is 0 Å². The van der Waals surface area contributed by atoms with Crippen molar-refractivity contribution in [1.29, 1.82) is 10.5 Å². The number of hydrogen-bond acceptors (Lipinski definition) is 2. The first kappa shape index (κ1) is 37.2. The fourth-order valence-electron chi connectivity index (χ4n) is 11.6. The van der Waals surface area contributed by atoms with Gasteiger partial charge in [0.2, 0.25) is 0 Å². The van der Waals surface area contributed by atoms with Gasteiger partial charge in [-0.05, 0) is 232 Å². The van der Waals surface area contributed by atoms with Gasteiger partial charge in [-0.15, -0.1) is 0 Å². The summed E-state index contributed by atoms with van der Waals surface area (Å²) < 4.78 is 0. The maximum atomic E-state index is 11.0. The maximum absolute atomic E-state index is 11.0. The van der Waals surface area contributed by atoms with Gasteiger partial charge in [0.25, 0.3) is 0 Å². The van der Waals surface area contributed by atoms with E-state index in [1.54, 1.807) is 0 Å². The molecule has 4 heteroatoms. The van der Waals surface area contributed by atoms with Gasteiger partial charge < -0.3 is 0 Å². The Balaban J connectivity index is 1.34. The molecule has 0 N–H and O–H groups in total. The fourth-order valence-corrected chi connectivity index (χ4v) is 11.6. The Labute approximate surface area is 371 Å². The SMILES string of the molecule is [C-]#[N+]c1c(C)c(C)c(C#N)c(-c2cc3c4cc5c(cc4c(-c4c(C)c(C#N)c(C)c(C)c4[N+]#[C-])cc3c3cc4c(cc23)-c2cccc3cccc-4c23)-c2cccc3cccc-5c23)c1C. The second kappa shape index (κ2) is 13.0. The first-order valence-electron chi connectivity index (χ1n) is 21.5. The minimum atomic E-state index is 0.556. The lowest BCUT2D eigenvalue weighted by Gasteiger charge is -2.23. The Hall–Kier alpha value is -8.54. The second-order valence-electron chi connectivity index (χ2n) is 17.6. The van der Waals surface area contributed by atoms with Crippen molar-refractivity contribution in [2.45, 2.75) is 41.5 Å². The molecule has 0 aliphatic heterocycles. The van der Waals surface area contributed by atoms with Crippen molar-refractivity contribution >= 4 is 65.2 Å². The summed E-state index contributed by atoms with van der Waals surface area (Å²) in [5.41, 5.74) is 19.8. The van der Waals surface area contributed by atoms with E-state index in [2.05, 4.69) is 131 Å². The van der Waals surface area contributed by atoms with E-state index in [0.29, 0.717) is 22.5 Å². The van der Waals surface area contributed by atoms with Gasteiger partial charge in [-0.25, -0.2) is 9.69 Å². The van der Waals surface area contributed by atoms with Crippen molar-refractivity contribution in [2.75, 3.05) is 0 Å². The fraction of sp³-hybridized carbons (Fsp3) is 0.100. The average molecular weight is 813 g/mol. The van der Waals surface area contributed by atoms with Crippen LogP contribution < -0.4 is 0 Å². The summed E-state index contributed by atoms with van der Waals surface area (Å²) in [5, 5.41) is 32.5. The van der Waals surface area contributed by atoms with Gasteiger partial charge >= 0.3 is 0 Å². The number of nitriles is 2. The zero-order valence-electron chi connectivity index (χ0n) is 36.2. The molecule has 296 valence electrons. The van der Waals surface area contributed by atoms with Gasteiger partial charge in [0.1, 0.15) is 0 Å². The Morgan fingerprint density at radius 1 is 0.359 bits per heavy atom. The van der Waals surface area contributed by atoms with Crippen LogP contribution >= 0.6 is 0 Å². The number of rotatable bonds is 2. The van der Waals surface area contributed by atoms with Crippen molar-refractivity contribution in [3.05, 3.63) is 177 Å². The molecule has 12 rings (SSSR count). The zero-order valence-corrected chi connectivity index (χ0v) is 36.2. The Kier molecular flexibility index (Phi) is 7.56. The summed E-state index contributed by atoms with van der Waals surface area (Å²) in [6.45, 7) is 28.8. The largest absolute Gasteiger partial charge is 0.238 e. The van der Waals surface area contributed by atoms with Crippen LogP contribution in [0.5, 0.6) is 0 Å². The van der Waals surface area contributed by atoms with Crippen LogP contribution in [0.1, 0.15) is 44.5 Å². The summed E-state index contributed by atoms with van der Waals surface area (Å²) in [6.07, 6.45) is 0. The normalized spacial score (nSPS) is 11.8. The second-order valence-corrected chi connectivity index (χ2v) is 17.6. The van der Waals surface area contributed by atoms with Crippen LogP contribution in [0.3, 0.4) is 0 Å². The molecule has 2 aliphatic carbocycles. The lowest BCUT2D eigenvalue weighted by atomic mass is 9.80. The molecule has 0 atom stereocenters. The minimum absolute atomic E-state index is 0.556. The molecule has 0 saturated carbocycles. The lowest BCUT2D eigenvalue weighted by molar-refractivity contribution is 1.27. The van der Waals surface area contributed by atoms with Crippen LogP contribution in [0.2, 0.25) is 0 Å². The molecule has 10 aromatic rings.